The fraction of sp³-hybridized carbons (Fsp3) is 0.970. The Labute approximate surface area is 233 Å². The molecule has 8 fully saturated rings. The van der Waals surface area contributed by atoms with Crippen molar-refractivity contribution < 1.29 is 29.2 Å². The number of hydrogen-bond donors (Lipinski definition) is 2. The predicted molar refractivity (Wildman–Crippen MR) is 144 cm³/mol. The zero-order valence-corrected chi connectivity index (χ0v) is 25.1. The molecule has 0 unspecified atom stereocenters. The molecule has 39 heavy (non-hydrogen) atoms. The second kappa shape index (κ2) is 7.09. The normalized spacial score (nSPS) is 65.1. The quantitative estimate of drug-likeness (QED) is 0.357. The first kappa shape index (κ1) is 26.0. The van der Waals surface area contributed by atoms with E-state index in [9.17, 15) is 15.0 Å². The largest absolute Gasteiger partial charge is 0.462 e. The molecule has 6 aliphatic carbocycles. The summed E-state index contributed by atoms with van der Waals surface area (Å²) in [5.74, 6) is 1.66. The zero-order valence-electron chi connectivity index (χ0n) is 25.1. The number of hydrogen-bond acceptors (Lipinski definition) is 6. The summed E-state index contributed by atoms with van der Waals surface area (Å²) in [5, 5.41) is 21.9. The van der Waals surface area contributed by atoms with Crippen LogP contribution in [0.3, 0.4) is 0 Å². The molecule has 0 aromatic carbocycles. The Morgan fingerprint density at radius 1 is 0.872 bits per heavy atom. The van der Waals surface area contributed by atoms with E-state index in [1.165, 1.54) is 19.3 Å². The molecule has 8 rings (SSSR count). The van der Waals surface area contributed by atoms with E-state index in [1.54, 1.807) is 6.92 Å². The van der Waals surface area contributed by atoms with Crippen molar-refractivity contribution in [2.24, 2.45) is 50.7 Å². The van der Waals surface area contributed by atoms with Gasteiger partial charge in [-0.05, 0) is 104 Å². The van der Waals surface area contributed by atoms with Gasteiger partial charge in [0.1, 0.15) is 23.4 Å². The van der Waals surface area contributed by atoms with Crippen LogP contribution in [0.1, 0.15) is 106 Å². The maximum atomic E-state index is 12.7. The van der Waals surface area contributed by atoms with Gasteiger partial charge >= 0.3 is 5.97 Å². The monoisotopic (exact) mass is 542 g/mol. The molecule has 2 N–H and O–H groups in total. The van der Waals surface area contributed by atoms with E-state index in [2.05, 4.69) is 34.6 Å². The number of aliphatic hydroxyl groups is 2. The van der Waals surface area contributed by atoms with Crippen LogP contribution in [0.5, 0.6) is 0 Å². The van der Waals surface area contributed by atoms with Crippen LogP contribution in [0.4, 0.5) is 0 Å². The minimum atomic E-state index is -0.468. The van der Waals surface area contributed by atoms with Crippen LogP contribution in [-0.2, 0) is 19.0 Å². The van der Waals surface area contributed by atoms with Gasteiger partial charge in [-0.3, -0.25) is 4.79 Å². The Kier molecular flexibility index (Phi) is 4.72. The summed E-state index contributed by atoms with van der Waals surface area (Å²) in [4.78, 5) is 12.7. The van der Waals surface area contributed by atoms with Crippen LogP contribution < -0.4 is 0 Å². The van der Waals surface area contributed by atoms with Crippen LogP contribution >= 0.6 is 0 Å². The minimum Gasteiger partial charge on any atom is -0.462 e. The van der Waals surface area contributed by atoms with Crippen molar-refractivity contribution in [3.63, 3.8) is 0 Å². The Hall–Kier alpha value is -0.690. The molecule has 218 valence electrons. The summed E-state index contributed by atoms with van der Waals surface area (Å²) in [6.45, 7) is 15.6. The highest BCUT2D eigenvalue weighted by Crippen LogP contribution is 2.89. The number of ether oxygens (including phenoxy) is 3. The summed E-state index contributed by atoms with van der Waals surface area (Å²) >= 11 is 0. The van der Waals surface area contributed by atoms with E-state index >= 15 is 0 Å². The lowest BCUT2D eigenvalue weighted by Crippen LogP contribution is -2.63. The highest BCUT2D eigenvalue weighted by molar-refractivity contribution is 5.66. The van der Waals surface area contributed by atoms with Gasteiger partial charge in [-0.2, -0.15) is 0 Å². The van der Waals surface area contributed by atoms with Crippen molar-refractivity contribution in [3.05, 3.63) is 0 Å². The summed E-state index contributed by atoms with van der Waals surface area (Å²) < 4.78 is 19.8. The SMILES string of the molecule is CC(=O)O[C@@H]1C[C@@]23C[C@@]24CC[C@H](O)C(C)(C)[C@@H]4CC[C@H]3[C@]2(C)C[C@@H]3O[C@]4(C[C@@H](C)[C@@H]3[C@@]12C)C[C@H](O)[C@@]1(C)O[C@@H]41. The van der Waals surface area contributed by atoms with Crippen molar-refractivity contribution in [3.8, 4) is 0 Å². The van der Waals surface area contributed by atoms with Gasteiger partial charge in [0, 0.05) is 18.8 Å². The van der Waals surface area contributed by atoms with Gasteiger partial charge in [0.05, 0.1) is 18.3 Å². The van der Waals surface area contributed by atoms with Gasteiger partial charge in [0.15, 0.2) is 0 Å². The third-order valence-corrected chi connectivity index (χ3v) is 15.6. The van der Waals surface area contributed by atoms with Crippen molar-refractivity contribution in [2.45, 2.75) is 148 Å². The Bertz CT molecular complexity index is 1140. The van der Waals surface area contributed by atoms with Crippen molar-refractivity contribution in [1.82, 2.24) is 0 Å². The van der Waals surface area contributed by atoms with E-state index in [4.69, 9.17) is 14.2 Å². The van der Waals surface area contributed by atoms with Crippen molar-refractivity contribution in [1.29, 1.82) is 0 Å². The molecule has 6 nitrogen and oxygen atoms in total. The number of fused-ring (bicyclic) bond motifs is 6. The molecule has 0 radical (unpaired) electrons. The fourth-order valence-corrected chi connectivity index (χ4v) is 14.0. The molecule has 6 saturated carbocycles. The van der Waals surface area contributed by atoms with Gasteiger partial charge in [-0.15, -0.1) is 0 Å². The van der Waals surface area contributed by atoms with Gasteiger partial charge in [0.25, 0.3) is 0 Å². The van der Waals surface area contributed by atoms with Crippen LogP contribution in [-0.4, -0.2) is 57.9 Å². The first-order valence-corrected chi connectivity index (χ1v) is 16.0. The molecule has 6 heteroatoms. The topological polar surface area (TPSA) is 88.5 Å². The molecule has 0 aromatic rings. The first-order chi connectivity index (χ1) is 18.1. The second-order valence-corrected chi connectivity index (χ2v) is 17.1. The average Bonchev–Trinajstić information content (AvgIpc) is 3.67. The van der Waals surface area contributed by atoms with Gasteiger partial charge in [-0.1, -0.05) is 34.6 Å². The number of epoxide rings is 1. The van der Waals surface area contributed by atoms with Crippen LogP contribution in [0.2, 0.25) is 0 Å². The summed E-state index contributed by atoms with van der Waals surface area (Å²) in [5.41, 5.74) is -0.622. The molecule has 2 aliphatic heterocycles. The third kappa shape index (κ3) is 2.66. The van der Waals surface area contributed by atoms with E-state index in [0.29, 0.717) is 30.1 Å². The number of carbonyl (C=O) groups is 1. The van der Waals surface area contributed by atoms with Crippen LogP contribution in [0.25, 0.3) is 0 Å². The Morgan fingerprint density at radius 3 is 2.23 bits per heavy atom. The highest BCUT2D eigenvalue weighted by atomic mass is 16.7. The molecule has 0 bridgehead atoms. The zero-order chi connectivity index (χ0) is 27.8. The highest BCUT2D eigenvalue weighted by Gasteiger charge is 2.86. The molecule has 0 amide bonds. The Morgan fingerprint density at radius 2 is 1.59 bits per heavy atom. The number of carbonyl (C=O) groups excluding carboxylic acids is 1. The van der Waals surface area contributed by atoms with E-state index < -0.39 is 17.3 Å². The molecule has 8 aliphatic rings. The molecule has 0 aromatic heterocycles. The van der Waals surface area contributed by atoms with Gasteiger partial charge in [0.2, 0.25) is 0 Å². The Balaban J connectivity index is 1.21. The minimum absolute atomic E-state index is 0.0000970. The van der Waals surface area contributed by atoms with Crippen LogP contribution in [0, 0.1) is 50.7 Å². The van der Waals surface area contributed by atoms with Crippen molar-refractivity contribution >= 4 is 5.97 Å². The van der Waals surface area contributed by atoms with Gasteiger partial charge in [-0.25, -0.2) is 0 Å². The predicted octanol–water partition coefficient (Wildman–Crippen LogP) is 5.02. The smallest absolute Gasteiger partial charge is 0.302 e. The second-order valence-electron chi connectivity index (χ2n) is 17.1. The molecule has 15 atom stereocenters. The van der Waals surface area contributed by atoms with E-state index in [-0.39, 0.29) is 57.5 Å². The first-order valence-electron chi connectivity index (χ1n) is 16.0. The lowest BCUT2D eigenvalue weighted by atomic mass is 9.41. The third-order valence-electron chi connectivity index (χ3n) is 15.6. The van der Waals surface area contributed by atoms with Crippen LogP contribution in [0.15, 0.2) is 0 Å². The fourth-order valence-electron chi connectivity index (χ4n) is 14.0. The number of esters is 1. The lowest BCUT2D eigenvalue weighted by molar-refractivity contribution is -0.232. The van der Waals surface area contributed by atoms with E-state index in [1.807, 2.05) is 6.92 Å². The molecule has 2 saturated heterocycles. The molecular weight excluding hydrogens is 492 g/mol. The molecule has 2 heterocycles. The van der Waals surface area contributed by atoms with Gasteiger partial charge < -0.3 is 24.4 Å². The number of rotatable bonds is 1. The lowest BCUT2D eigenvalue weighted by Gasteiger charge is -2.65. The summed E-state index contributed by atoms with van der Waals surface area (Å²) in [7, 11) is 0. The maximum Gasteiger partial charge on any atom is 0.302 e. The molecule has 3 spiro atoms. The standard InChI is InChI=1S/C33H50O6/c1-17-12-33(14-23(36)30(7)26(33)39-30)38-19-13-28(5)21-9-8-20-27(3,4)22(35)10-11-31(20)16-32(21,31)15-24(37-18(2)34)29(28,6)25(17)19/h17,19-26,35-36H,8-16H2,1-7H3/t17-,19+,20+,21+,22+,23+,24-,25+,26-,28+,29-,30-,31-,32+,33-/m1/s1. The maximum absolute atomic E-state index is 12.7. The molecular formula is C33H50O6. The summed E-state index contributed by atoms with van der Waals surface area (Å²) in [6, 6.07) is 0. The van der Waals surface area contributed by atoms with E-state index in [0.717, 1.165) is 32.1 Å². The average molecular weight is 543 g/mol. The summed E-state index contributed by atoms with van der Waals surface area (Å²) in [6.07, 6.45) is 8.41. The number of aliphatic hydroxyl groups excluding tert-OH is 2. The van der Waals surface area contributed by atoms with Crippen molar-refractivity contribution in [2.75, 3.05) is 0 Å².